The van der Waals surface area contributed by atoms with Crippen LogP contribution in [0.3, 0.4) is 0 Å². The molecule has 1 fully saturated rings. The van der Waals surface area contributed by atoms with Crippen molar-refractivity contribution in [2.45, 2.75) is 18.5 Å². The lowest BCUT2D eigenvalue weighted by Crippen LogP contribution is -2.59. The van der Waals surface area contributed by atoms with Crippen molar-refractivity contribution in [1.82, 2.24) is 0 Å². The van der Waals surface area contributed by atoms with Gasteiger partial charge in [0.2, 0.25) is 0 Å². The molecule has 0 amide bonds. The molecule has 4 unspecified atom stereocenters. The molecule has 4 atom stereocenters. The summed E-state index contributed by atoms with van der Waals surface area (Å²) in [5.41, 5.74) is 29.2. The minimum atomic E-state index is 0.0304. The van der Waals surface area contributed by atoms with E-state index in [2.05, 4.69) is 0 Å². The molecule has 1 aliphatic carbocycles. The average Bonchev–Trinajstić information content (AvgIpc) is 2.19. The predicted octanol–water partition coefficient (Wildman–Crippen LogP) is -2.23. The molecule has 0 radical (unpaired) electrons. The van der Waals surface area contributed by atoms with E-state index in [1.807, 2.05) is 0 Å². The third kappa shape index (κ3) is 2.07. The van der Waals surface area contributed by atoms with Gasteiger partial charge in [-0.05, 0) is 37.9 Å². The molecule has 0 bridgehead atoms. The van der Waals surface area contributed by atoms with Crippen molar-refractivity contribution < 1.29 is 0 Å². The minimum absolute atomic E-state index is 0.0304. The topological polar surface area (TPSA) is 130 Å². The van der Waals surface area contributed by atoms with Crippen LogP contribution in [0.25, 0.3) is 0 Å². The van der Waals surface area contributed by atoms with Crippen molar-refractivity contribution >= 4 is 0 Å². The molecule has 84 valence electrons. The molecule has 5 heteroatoms. The lowest BCUT2D eigenvalue weighted by molar-refractivity contribution is 0.142. The SMILES string of the molecule is NCC1CC(CN)C(N)C(CN)C1N. The Morgan fingerprint density at radius 2 is 1.21 bits per heavy atom. The molecule has 0 aromatic rings. The van der Waals surface area contributed by atoms with Crippen molar-refractivity contribution in [3.63, 3.8) is 0 Å². The molecule has 1 rings (SSSR count). The highest BCUT2D eigenvalue weighted by molar-refractivity contribution is 4.97. The number of hydrogen-bond acceptors (Lipinski definition) is 5. The van der Waals surface area contributed by atoms with Gasteiger partial charge in [0.1, 0.15) is 0 Å². The second-order valence-electron chi connectivity index (χ2n) is 4.28. The molecule has 1 saturated carbocycles. The molecule has 10 N–H and O–H groups in total. The summed E-state index contributed by atoms with van der Waals surface area (Å²) in [6.07, 6.45) is 0.936. The van der Waals surface area contributed by atoms with E-state index in [9.17, 15) is 0 Å². The summed E-state index contributed by atoms with van der Waals surface area (Å²) in [5, 5.41) is 0. The fourth-order valence-electron chi connectivity index (χ4n) is 2.48. The lowest BCUT2D eigenvalue weighted by Gasteiger charge is -2.43. The van der Waals surface area contributed by atoms with Gasteiger partial charge in [0.05, 0.1) is 0 Å². The number of nitrogens with two attached hydrogens (primary N) is 5. The summed E-state index contributed by atoms with van der Waals surface area (Å²) in [6, 6.07) is 0.0607. The van der Waals surface area contributed by atoms with Gasteiger partial charge in [0, 0.05) is 18.0 Å². The third-order valence-corrected chi connectivity index (χ3v) is 3.56. The van der Waals surface area contributed by atoms with E-state index in [1.165, 1.54) is 0 Å². The highest BCUT2D eigenvalue weighted by Gasteiger charge is 2.39. The second kappa shape index (κ2) is 5.04. The smallest absolute Gasteiger partial charge is 0.0135 e. The summed E-state index contributed by atoms with van der Waals surface area (Å²) < 4.78 is 0. The predicted molar refractivity (Wildman–Crippen MR) is 58.2 cm³/mol. The first-order chi connectivity index (χ1) is 6.65. The van der Waals surface area contributed by atoms with Gasteiger partial charge in [-0.25, -0.2) is 0 Å². The Hall–Kier alpha value is -0.200. The van der Waals surface area contributed by atoms with E-state index in [0.717, 1.165) is 6.42 Å². The Morgan fingerprint density at radius 3 is 1.50 bits per heavy atom. The summed E-state index contributed by atoms with van der Waals surface area (Å²) in [5.74, 6) is 0.791. The van der Waals surface area contributed by atoms with Gasteiger partial charge in [-0.1, -0.05) is 0 Å². The van der Waals surface area contributed by atoms with Crippen LogP contribution in [-0.2, 0) is 0 Å². The van der Waals surface area contributed by atoms with Crippen molar-refractivity contribution in [3.8, 4) is 0 Å². The van der Waals surface area contributed by atoms with Gasteiger partial charge in [-0.15, -0.1) is 0 Å². The maximum Gasteiger partial charge on any atom is 0.0135 e. The van der Waals surface area contributed by atoms with Crippen molar-refractivity contribution in [2.75, 3.05) is 19.6 Å². The van der Waals surface area contributed by atoms with Crippen LogP contribution < -0.4 is 28.7 Å². The van der Waals surface area contributed by atoms with Crippen LogP contribution in [0, 0.1) is 17.8 Å². The summed E-state index contributed by atoms with van der Waals surface area (Å²) in [4.78, 5) is 0. The second-order valence-corrected chi connectivity index (χ2v) is 4.28. The molecule has 0 spiro atoms. The molecule has 5 nitrogen and oxygen atoms in total. The fraction of sp³-hybridized carbons (Fsp3) is 1.00. The van der Waals surface area contributed by atoms with E-state index in [-0.39, 0.29) is 18.0 Å². The Balaban J connectivity index is 2.72. The third-order valence-electron chi connectivity index (χ3n) is 3.56. The molecule has 0 heterocycles. The van der Waals surface area contributed by atoms with Crippen LogP contribution in [0.5, 0.6) is 0 Å². The summed E-state index contributed by atoms with van der Waals surface area (Å²) in [6.45, 7) is 1.72. The van der Waals surface area contributed by atoms with Gasteiger partial charge >= 0.3 is 0 Å². The van der Waals surface area contributed by atoms with Gasteiger partial charge in [0.25, 0.3) is 0 Å². The highest BCUT2D eigenvalue weighted by atomic mass is 14.8. The first-order valence-electron chi connectivity index (χ1n) is 5.27. The molecule has 0 aliphatic heterocycles. The first-order valence-corrected chi connectivity index (χ1v) is 5.27. The van der Waals surface area contributed by atoms with Crippen LogP contribution >= 0.6 is 0 Å². The summed E-state index contributed by atoms with van der Waals surface area (Å²) in [7, 11) is 0. The molecular weight excluding hydrogens is 178 g/mol. The van der Waals surface area contributed by atoms with E-state index >= 15 is 0 Å². The van der Waals surface area contributed by atoms with Gasteiger partial charge in [0.15, 0.2) is 0 Å². The zero-order chi connectivity index (χ0) is 10.7. The quantitative estimate of drug-likeness (QED) is 0.353. The maximum atomic E-state index is 6.07. The first kappa shape index (κ1) is 11.9. The molecule has 14 heavy (non-hydrogen) atoms. The van der Waals surface area contributed by atoms with Crippen molar-refractivity contribution in [3.05, 3.63) is 0 Å². The lowest BCUT2D eigenvalue weighted by atomic mass is 9.69. The Labute approximate surface area is 85.4 Å². The number of rotatable bonds is 3. The summed E-state index contributed by atoms with van der Waals surface area (Å²) >= 11 is 0. The van der Waals surface area contributed by atoms with E-state index in [4.69, 9.17) is 28.7 Å². The Bertz CT molecular complexity index is 159. The monoisotopic (exact) mass is 201 g/mol. The largest absolute Gasteiger partial charge is 0.330 e. The molecule has 0 saturated heterocycles. The van der Waals surface area contributed by atoms with Crippen molar-refractivity contribution in [2.24, 2.45) is 46.4 Å². The van der Waals surface area contributed by atoms with E-state index < -0.39 is 0 Å². The van der Waals surface area contributed by atoms with E-state index in [1.54, 1.807) is 0 Å². The van der Waals surface area contributed by atoms with Crippen LogP contribution in [0.2, 0.25) is 0 Å². The van der Waals surface area contributed by atoms with Gasteiger partial charge < -0.3 is 28.7 Å². The van der Waals surface area contributed by atoms with Crippen LogP contribution in [-0.4, -0.2) is 31.7 Å². The van der Waals surface area contributed by atoms with E-state index in [0.29, 0.717) is 31.5 Å². The zero-order valence-electron chi connectivity index (χ0n) is 8.60. The van der Waals surface area contributed by atoms with Crippen LogP contribution in [0.4, 0.5) is 0 Å². The molecular formula is C9H23N5. The Morgan fingerprint density at radius 1 is 0.786 bits per heavy atom. The highest BCUT2D eigenvalue weighted by Crippen LogP contribution is 2.30. The molecule has 1 aliphatic rings. The molecule has 0 aromatic heterocycles. The zero-order valence-corrected chi connectivity index (χ0v) is 8.60. The molecule has 0 aromatic carbocycles. The van der Waals surface area contributed by atoms with Gasteiger partial charge in [-0.3, -0.25) is 0 Å². The van der Waals surface area contributed by atoms with Crippen molar-refractivity contribution in [1.29, 1.82) is 0 Å². The van der Waals surface area contributed by atoms with Gasteiger partial charge in [-0.2, -0.15) is 0 Å². The van der Waals surface area contributed by atoms with Crippen LogP contribution in [0.15, 0.2) is 0 Å². The average molecular weight is 201 g/mol. The maximum absolute atomic E-state index is 6.07. The van der Waals surface area contributed by atoms with Crippen LogP contribution in [0.1, 0.15) is 6.42 Å². The normalized spacial score (nSPS) is 43.9. The standard InChI is InChI=1S/C9H23N5/c10-2-5-1-6(3-11)9(14)7(4-12)8(5)13/h5-9H,1-4,10-14H2. The Kier molecular flexibility index (Phi) is 4.28. The number of hydrogen-bond donors (Lipinski definition) is 5. The fourth-order valence-corrected chi connectivity index (χ4v) is 2.48. The minimum Gasteiger partial charge on any atom is -0.330 e.